The molecule has 1 aliphatic heterocycles. The van der Waals surface area contributed by atoms with Crippen LogP contribution < -0.4 is 5.32 Å². The van der Waals surface area contributed by atoms with Crippen LogP contribution in [0.4, 0.5) is 4.79 Å². The summed E-state index contributed by atoms with van der Waals surface area (Å²) in [5.74, 6) is 0. The summed E-state index contributed by atoms with van der Waals surface area (Å²) in [4.78, 5) is 16.0. The number of hydrogen-bond acceptors (Lipinski definition) is 2. The molecule has 0 bridgehead atoms. The van der Waals surface area contributed by atoms with Gasteiger partial charge in [0.1, 0.15) is 0 Å². The minimum Gasteiger partial charge on any atom is -0.333 e. The maximum absolute atomic E-state index is 11.8. The van der Waals surface area contributed by atoms with Gasteiger partial charge in [0.05, 0.1) is 6.67 Å². The summed E-state index contributed by atoms with van der Waals surface area (Å²) < 4.78 is 0. The van der Waals surface area contributed by atoms with Gasteiger partial charge in [-0.05, 0) is 34.6 Å². The number of hydrogen-bond donors (Lipinski definition) is 1. The van der Waals surface area contributed by atoms with E-state index in [1.807, 2.05) is 25.7 Å². The summed E-state index contributed by atoms with van der Waals surface area (Å²) in [5, 5.41) is 2.98. The number of rotatable bonds is 1. The lowest BCUT2D eigenvalue weighted by Crippen LogP contribution is -2.48. The van der Waals surface area contributed by atoms with Crippen LogP contribution in [-0.2, 0) is 0 Å². The molecular formula is C11H23N3O. The molecule has 15 heavy (non-hydrogen) atoms. The van der Waals surface area contributed by atoms with Gasteiger partial charge in [0.2, 0.25) is 0 Å². The van der Waals surface area contributed by atoms with Crippen LogP contribution in [0.1, 0.15) is 34.6 Å². The van der Waals surface area contributed by atoms with Gasteiger partial charge >= 0.3 is 6.03 Å². The Hall–Kier alpha value is -0.770. The van der Waals surface area contributed by atoms with Crippen LogP contribution in [0.15, 0.2) is 0 Å². The minimum atomic E-state index is -0.150. The van der Waals surface area contributed by atoms with Crippen LogP contribution in [-0.4, -0.2) is 47.2 Å². The quantitative estimate of drug-likeness (QED) is 0.716. The molecule has 0 aromatic carbocycles. The van der Waals surface area contributed by atoms with Crippen molar-refractivity contribution in [2.75, 3.05) is 19.8 Å². The molecule has 1 heterocycles. The Bertz CT molecular complexity index is 232. The van der Waals surface area contributed by atoms with E-state index in [0.717, 1.165) is 19.8 Å². The number of carbonyl (C=O) groups is 1. The number of urea groups is 1. The van der Waals surface area contributed by atoms with Crippen LogP contribution in [0, 0.1) is 0 Å². The highest BCUT2D eigenvalue weighted by molar-refractivity contribution is 5.75. The third-order valence-electron chi connectivity index (χ3n) is 2.51. The summed E-state index contributed by atoms with van der Waals surface area (Å²) in [7, 11) is 0. The molecule has 0 atom stereocenters. The highest BCUT2D eigenvalue weighted by Gasteiger charge is 2.27. The maximum Gasteiger partial charge on any atom is 0.318 e. The lowest BCUT2D eigenvalue weighted by atomic mass is 10.1. The first-order chi connectivity index (χ1) is 6.79. The van der Waals surface area contributed by atoms with Gasteiger partial charge in [-0.15, -0.1) is 0 Å². The first kappa shape index (κ1) is 12.3. The van der Waals surface area contributed by atoms with E-state index in [4.69, 9.17) is 0 Å². The average molecular weight is 213 g/mol. The second-order valence-electron chi connectivity index (χ2n) is 5.49. The molecule has 1 rings (SSSR count). The van der Waals surface area contributed by atoms with Crippen molar-refractivity contribution < 1.29 is 4.79 Å². The fraction of sp³-hybridized carbons (Fsp3) is 0.909. The number of nitrogens with one attached hydrogen (secondary N) is 1. The Balaban J connectivity index is 2.44. The predicted molar refractivity (Wildman–Crippen MR) is 61.7 cm³/mol. The molecule has 1 aliphatic rings. The number of carbonyl (C=O) groups excluding carboxylic acids is 1. The second-order valence-corrected chi connectivity index (χ2v) is 5.49. The summed E-state index contributed by atoms with van der Waals surface area (Å²) in [6, 6.07) is 0.558. The topological polar surface area (TPSA) is 35.6 Å². The Morgan fingerprint density at radius 1 is 1.27 bits per heavy atom. The fourth-order valence-corrected chi connectivity index (χ4v) is 1.60. The normalized spacial score (nSPS) is 18.7. The van der Waals surface area contributed by atoms with E-state index in [1.54, 1.807) is 0 Å². The van der Waals surface area contributed by atoms with Crippen molar-refractivity contribution in [3.8, 4) is 0 Å². The van der Waals surface area contributed by atoms with Gasteiger partial charge in [0.25, 0.3) is 0 Å². The van der Waals surface area contributed by atoms with Gasteiger partial charge in [-0.1, -0.05) is 0 Å². The first-order valence-electron chi connectivity index (χ1n) is 5.61. The van der Waals surface area contributed by atoms with E-state index in [0.29, 0.717) is 6.04 Å². The molecular weight excluding hydrogens is 190 g/mol. The Morgan fingerprint density at radius 3 is 2.27 bits per heavy atom. The van der Waals surface area contributed by atoms with Crippen LogP contribution in [0.5, 0.6) is 0 Å². The smallest absolute Gasteiger partial charge is 0.318 e. The van der Waals surface area contributed by atoms with Crippen LogP contribution in [0.3, 0.4) is 0 Å². The van der Waals surface area contributed by atoms with Gasteiger partial charge in [-0.25, -0.2) is 4.79 Å². The lowest BCUT2D eigenvalue weighted by molar-refractivity contribution is 0.180. The molecule has 4 heteroatoms. The van der Waals surface area contributed by atoms with E-state index < -0.39 is 0 Å². The second kappa shape index (κ2) is 4.39. The molecule has 0 saturated carbocycles. The highest BCUT2D eigenvalue weighted by atomic mass is 16.2. The van der Waals surface area contributed by atoms with E-state index >= 15 is 0 Å². The van der Waals surface area contributed by atoms with Crippen molar-refractivity contribution in [1.82, 2.24) is 15.1 Å². The van der Waals surface area contributed by atoms with E-state index in [2.05, 4.69) is 24.1 Å². The summed E-state index contributed by atoms with van der Waals surface area (Å²) >= 11 is 0. The van der Waals surface area contributed by atoms with Crippen molar-refractivity contribution >= 4 is 6.03 Å². The highest BCUT2D eigenvalue weighted by Crippen LogP contribution is 2.10. The van der Waals surface area contributed by atoms with E-state index in [-0.39, 0.29) is 11.6 Å². The molecule has 0 spiro atoms. The fourth-order valence-electron chi connectivity index (χ4n) is 1.60. The first-order valence-corrected chi connectivity index (χ1v) is 5.61. The molecule has 0 aliphatic carbocycles. The van der Waals surface area contributed by atoms with Crippen LogP contribution >= 0.6 is 0 Å². The minimum absolute atomic E-state index is 0.0469. The number of nitrogens with zero attached hydrogens (tertiary/aromatic N) is 2. The van der Waals surface area contributed by atoms with Crippen molar-refractivity contribution in [2.24, 2.45) is 0 Å². The monoisotopic (exact) mass is 213 g/mol. The zero-order valence-electron chi connectivity index (χ0n) is 10.5. The molecule has 0 radical (unpaired) electrons. The van der Waals surface area contributed by atoms with Gasteiger partial charge in [0.15, 0.2) is 0 Å². The SMILES string of the molecule is CC(C)N1CCN(C(=O)NC(C)(C)C)C1. The molecule has 0 aromatic rings. The maximum atomic E-state index is 11.8. The third kappa shape index (κ3) is 3.70. The molecule has 88 valence electrons. The van der Waals surface area contributed by atoms with E-state index in [9.17, 15) is 4.79 Å². The van der Waals surface area contributed by atoms with Gasteiger partial charge in [0, 0.05) is 24.7 Å². The van der Waals surface area contributed by atoms with Crippen molar-refractivity contribution in [2.45, 2.75) is 46.2 Å². The van der Waals surface area contributed by atoms with Crippen molar-refractivity contribution in [1.29, 1.82) is 0 Å². The zero-order chi connectivity index (χ0) is 11.6. The summed E-state index contributed by atoms with van der Waals surface area (Å²) in [6.07, 6.45) is 0. The standard InChI is InChI=1S/C11H23N3O/c1-9(2)13-6-7-14(8-13)10(15)12-11(3,4)5/h9H,6-8H2,1-5H3,(H,12,15). The van der Waals surface area contributed by atoms with Gasteiger partial charge < -0.3 is 10.2 Å². The molecule has 0 unspecified atom stereocenters. The molecule has 2 amide bonds. The van der Waals surface area contributed by atoms with Gasteiger partial charge in [-0.3, -0.25) is 4.90 Å². The molecule has 4 nitrogen and oxygen atoms in total. The lowest BCUT2D eigenvalue weighted by Gasteiger charge is -2.26. The average Bonchev–Trinajstić information content (AvgIpc) is 2.47. The summed E-state index contributed by atoms with van der Waals surface area (Å²) in [6.45, 7) is 12.9. The van der Waals surface area contributed by atoms with Crippen LogP contribution in [0.2, 0.25) is 0 Å². The Labute approximate surface area is 92.6 Å². The number of amides is 2. The third-order valence-corrected chi connectivity index (χ3v) is 2.51. The molecule has 1 fully saturated rings. The molecule has 1 saturated heterocycles. The van der Waals surface area contributed by atoms with E-state index in [1.165, 1.54) is 0 Å². The molecule has 0 aromatic heterocycles. The van der Waals surface area contributed by atoms with Crippen molar-refractivity contribution in [3.63, 3.8) is 0 Å². The zero-order valence-corrected chi connectivity index (χ0v) is 10.5. The van der Waals surface area contributed by atoms with Gasteiger partial charge in [-0.2, -0.15) is 0 Å². The predicted octanol–water partition coefficient (Wildman–Crippen LogP) is 1.48. The van der Waals surface area contributed by atoms with Crippen LogP contribution in [0.25, 0.3) is 0 Å². The Kier molecular flexibility index (Phi) is 3.60. The molecule has 1 N–H and O–H groups in total. The Morgan fingerprint density at radius 2 is 1.87 bits per heavy atom. The summed E-state index contributed by atoms with van der Waals surface area (Å²) in [5.41, 5.74) is -0.150. The van der Waals surface area contributed by atoms with Crippen molar-refractivity contribution in [3.05, 3.63) is 0 Å². The largest absolute Gasteiger partial charge is 0.333 e.